The molecule has 1 saturated heterocycles. The Kier molecular flexibility index (Phi) is 5.14. The fourth-order valence-corrected chi connectivity index (χ4v) is 4.26. The maximum absolute atomic E-state index is 12.7. The number of hydrogen-bond donors (Lipinski definition) is 0. The molecule has 2 amide bonds. The fourth-order valence-electron chi connectivity index (χ4n) is 4.26. The van der Waals surface area contributed by atoms with Crippen molar-refractivity contribution in [2.45, 2.75) is 45.4 Å². The van der Waals surface area contributed by atoms with Gasteiger partial charge in [-0.05, 0) is 30.5 Å². The molecule has 2 fully saturated rings. The summed E-state index contributed by atoms with van der Waals surface area (Å²) in [5.41, 5.74) is 2.48. The van der Waals surface area contributed by atoms with Gasteiger partial charge in [0.1, 0.15) is 5.52 Å². The van der Waals surface area contributed by atoms with E-state index < -0.39 is 0 Å². The summed E-state index contributed by atoms with van der Waals surface area (Å²) in [7, 11) is 0. The lowest BCUT2D eigenvalue weighted by atomic mass is 9.88. The van der Waals surface area contributed by atoms with Crippen LogP contribution in [-0.4, -0.2) is 52.8 Å². The Bertz CT molecular complexity index is 830. The average Bonchev–Trinajstić information content (AvgIpc) is 3.07. The van der Waals surface area contributed by atoms with Crippen molar-refractivity contribution in [1.82, 2.24) is 14.8 Å². The van der Waals surface area contributed by atoms with Gasteiger partial charge in [-0.1, -0.05) is 25.3 Å². The number of fused-ring (bicyclic) bond motifs is 1. The monoisotopic (exact) mass is 369 g/mol. The van der Waals surface area contributed by atoms with E-state index in [4.69, 9.17) is 4.42 Å². The molecule has 144 valence electrons. The van der Waals surface area contributed by atoms with Crippen molar-refractivity contribution in [2.24, 2.45) is 5.92 Å². The Hall–Kier alpha value is -2.37. The van der Waals surface area contributed by atoms with Crippen molar-refractivity contribution in [3.8, 4) is 0 Å². The minimum Gasteiger partial charge on any atom is -0.441 e. The van der Waals surface area contributed by atoms with Crippen LogP contribution >= 0.6 is 0 Å². The molecule has 2 heterocycles. The predicted molar refractivity (Wildman–Crippen MR) is 102 cm³/mol. The van der Waals surface area contributed by atoms with Gasteiger partial charge in [-0.3, -0.25) is 9.59 Å². The summed E-state index contributed by atoms with van der Waals surface area (Å²) < 4.78 is 5.55. The zero-order valence-electron chi connectivity index (χ0n) is 15.9. The Morgan fingerprint density at radius 3 is 2.52 bits per heavy atom. The second kappa shape index (κ2) is 7.71. The molecule has 0 spiro atoms. The Labute approximate surface area is 159 Å². The average molecular weight is 369 g/mol. The van der Waals surface area contributed by atoms with Crippen LogP contribution in [0.25, 0.3) is 11.1 Å². The summed E-state index contributed by atoms with van der Waals surface area (Å²) in [4.78, 5) is 33.4. The number of benzene rings is 1. The van der Waals surface area contributed by atoms with Gasteiger partial charge in [-0.25, -0.2) is 4.98 Å². The number of amides is 2. The van der Waals surface area contributed by atoms with Crippen LogP contribution in [-0.2, 0) is 16.0 Å². The summed E-state index contributed by atoms with van der Waals surface area (Å²) in [5.74, 6) is 1.24. The molecule has 1 aromatic heterocycles. The first-order chi connectivity index (χ1) is 13.1. The standard InChI is InChI=1S/C21H27N3O3/c1-15-22-18-8-7-16(13-19(18)27-15)14-20(25)23-9-11-24(12-10-23)21(26)17-5-3-2-4-6-17/h7-8,13,17H,2-6,9-12,14H2,1H3. The van der Waals surface area contributed by atoms with Crippen LogP contribution in [0.4, 0.5) is 0 Å². The first-order valence-electron chi connectivity index (χ1n) is 10.0. The molecule has 6 heteroatoms. The van der Waals surface area contributed by atoms with Crippen LogP contribution in [0.3, 0.4) is 0 Å². The highest BCUT2D eigenvalue weighted by Gasteiger charge is 2.29. The maximum Gasteiger partial charge on any atom is 0.227 e. The second-order valence-corrected chi connectivity index (χ2v) is 7.75. The van der Waals surface area contributed by atoms with E-state index in [1.807, 2.05) is 34.9 Å². The molecule has 0 atom stereocenters. The lowest BCUT2D eigenvalue weighted by Gasteiger charge is -2.37. The molecule has 1 saturated carbocycles. The Morgan fingerprint density at radius 1 is 1.07 bits per heavy atom. The maximum atomic E-state index is 12.7. The fraction of sp³-hybridized carbons (Fsp3) is 0.571. The first-order valence-corrected chi connectivity index (χ1v) is 10.0. The normalized spacial score (nSPS) is 18.9. The molecule has 4 rings (SSSR count). The third-order valence-electron chi connectivity index (χ3n) is 5.81. The zero-order chi connectivity index (χ0) is 18.8. The highest BCUT2D eigenvalue weighted by atomic mass is 16.3. The smallest absolute Gasteiger partial charge is 0.227 e. The van der Waals surface area contributed by atoms with E-state index >= 15 is 0 Å². The number of rotatable bonds is 3. The van der Waals surface area contributed by atoms with Gasteiger partial charge in [0.25, 0.3) is 0 Å². The van der Waals surface area contributed by atoms with Crippen LogP contribution in [0.2, 0.25) is 0 Å². The molecule has 27 heavy (non-hydrogen) atoms. The number of oxazole rings is 1. The SMILES string of the molecule is Cc1nc2ccc(CC(=O)N3CCN(C(=O)C4CCCCC4)CC3)cc2o1. The first kappa shape index (κ1) is 18.0. The molecular weight excluding hydrogens is 342 g/mol. The van der Waals surface area contributed by atoms with Crippen molar-refractivity contribution in [3.63, 3.8) is 0 Å². The topological polar surface area (TPSA) is 66.7 Å². The molecule has 2 aliphatic rings. The molecule has 1 aliphatic carbocycles. The predicted octanol–water partition coefficient (Wildman–Crippen LogP) is 2.93. The van der Waals surface area contributed by atoms with Crippen molar-refractivity contribution in [3.05, 3.63) is 29.7 Å². The van der Waals surface area contributed by atoms with Crippen LogP contribution in [0.1, 0.15) is 43.6 Å². The molecule has 1 aliphatic heterocycles. The number of aromatic nitrogens is 1. The van der Waals surface area contributed by atoms with Crippen molar-refractivity contribution in [2.75, 3.05) is 26.2 Å². The van der Waals surface area contributed by atoms with Gasteiger partial charge >= 0.3 is 0 Å². The molecule has 0 radical (unpaired) electrons. The minimum atomic E-state index is 0.107. The molecule has 2 aromatic rings. The lowest BCUT2D eigenvalue weighted by Crippen LogP contribution is -2.52. The quantitative estimate of drug-likeness (QED) is 0.834. The highest BCUT2D eigenvalue weighted by molar-refractivity contribution is 5.82. The Morgan fingerprint density at radius 2 is 1.78 bits per heavy atom. The molecule has 0 N–H and O–H groups in total. The van der Waals surface area contributed by atoms with Gasteiger partial charge in [0.15, 0.2) is 11.5 Å². The Balaban J connectivity index is 1.31. The number of carbonyl (C=O) groups excluding carboxylic acids is 2. The molecular formula is C21H27N3O3. The van der Waals surface area contributed by atoms with Crippen molar-refractivity contribution in [1.29, 1.82) is 0 Å². The van der Waals surface area contributed by atoms with Gasteiger partial charge < -0.3 is 14.2 Å². The molecule has 0 unspecified atom stereocenters. The number of carbonyl (C=O) groups is 2. The van der Waals surface area contributed by atoms with Gasteiger partial charge in [-0.15, -0.1) is 0 Å². The molecule has 1 aromatic carbocycles. The van der Waals surface area contributed by atoms with Gasteiger partial charge in [0, 0.05) is 39.0 Å². The number of piperazine rings is 1. The van der Waals surface area contributed by atoms with E-state index in [0.717, 1.165) is 29.5 Å². The van der Waals surface area contributed by atoms with Crippen LogP contribution in [0, 0.1) is 12.8 Å². The molecule has 6 nitrogen and oxygen atoms in total. The largest absolute Gasteiger partial charge is 0.441 e. The second-order valence-electron chi connectivity index (χ2n) is 7.75. The summed E-state index contributed by atoms with van der Waals surface area (Å²) in [5, 5.41) is 0. The van der Waals surface area contributed by atoms with E-state index in [-0.39, 0.29) is 11.8 Å². The van der Waals surface area contributed by atoms with Gasteiger partial charge in [0.2, 0.25) is 11.8 Å². The van der Waals surface area contributed by atoms with Gasteiger partial charge in [-0.2, -0.15) is 0 Å². The number of aryl methyl sites for hydroxylation is 1. The molecule has 0 bridgehead atoms. The third-order valence-corrected chi connectivity index (χ3v) is 5.81. The summed E-state index contributed by atoms with van der Waals surface area (Å²) in [6, 6.07) is 5.73. The van der Waals surface area contributed by atoms with Gasteiger partial charge in [0.05, 0.1) is 6.42 Å². The van der Waals surface area contributed by atoms with E-state index in [0.29, 0.717) is 44.4 Å². The zero-order valence-corrected chi connectivity index (χ0v) is 15.9. The van der Waals surface area contributed by atoms with E-state index in [1.54, 1.807) is 0 Å². The van der Waals surface area contributed by atoms with Crippen LogP contribution in [0.5, 0.6) is 0 Å². The minimum absolute atomic E-state index is 0.107. The highest BCUT2D eigenvalue weighted by Crippen LogP contribution is 2.26. The van der Waals surface area contributed by atoms with E-state index in [9.17, 15) is 9.59 Å². The lowest BCUT2D eigenvalue weighted by molar-refractivity contribution is -0.142. The number of hydrogen-bond acceptors (Lipinski definition) is 4. The van der Waals surface area contributed by atoms with Crippen molar-refractivity contribution < 1.29 is 14.0 Å². The van der Waals surface area contributed by atoms with E-state index in [2.05, 4.69) is 4.98 Å². The van der Waals surface area contributed by atoms with Crippen LogP contribution in [0.15, 0.2) is 22.6 Å². The third kappa shape index (κ3) is 3.99. The van der Waals surface area contributed by atoms with Crippen molar-refractivity contribution >= 4 is 22.9 Å². The summed E-state index contributed by atoms with van der Waals surface area (Å²) in [6.07, 6.45) is 6.01. The summed E-state index contributed by atoms with van der Waals surface area (Å²) in [6.45, 7) is 4.38. The van der Waals surface area contributed by atoms with Crippen LogP contribution < -0.4 is 0 Å². The summed E-state index contributed by atoms with van der Waals surface area (Å²) >= 11 is 0. The van der Waals surface area contributed by atoms with E-state index in [1.165, 1.54) is 19.3 Å². The number of nitrogens with zero attached hydrogens (tertiary/aromatic N) is 3.